The van der Waals surface area contributed by atoms with Gasteiger partial charge in [0.2, 0.25) is 0 Å². The molecule has 0 aliphatic rings. The highest BCUT2D eigenvalue weighted by atomic mass is 19.4. The van der Waals surface area contributed by atoms with Crippen molar-refractivity contribution in [2.45, 2.75) is 62.8 Å². The number of aromatic nitrogens is 6. The third-order valence-corrected chi connectivity index (χ3v) is 10.4. The van der Waals surface area contributed by atoms with E-state index in [0.29, 0.717) is 23.5 Å². The summed E-state index contributed by atoms with van der Waals surface area (Å²) in [6.45, 7) is 1.20. The van der Waals surface area contributed by atoms with Crippen LogP contribution in [0.4, 0.5) is 54.0 Å². The number of nitrogens with one attached hydrogen (secondary N) is 2. The molecule has 3 atom stereocenters. The molecule has 0 bridgehead atoms. The van der Waals surface area contributed by atoms with Gasteiger partial charge in [0.1, 0.15) is 46.6 Å². The second kappa shape index (κ2) is 20.3. The largest absolute Gasteiger partial charge is 0.480 e. The number of imidazole rings is 2. The number of rotatable bonds is 13. The summed E-state index contributed by atoms with van der Waals surface area (Å²) < 4.78 is 157. The van der Waals surface area contributed by atoms with Crippen LogP contribution in [0.2, 0.25) is 0 Å². The van der Waals surface area contributed by atoms with E-state index in [1.807, 2.05) is 10.6 Å². The fraction of sp³-hybridized carbons (Fsp3) is 0.250. The molecular formula is C44H36F11N9O5. The molecule has 0 radical (unpaired) electrons. The minimum absolute atomic E-state index is 0.0124. The molecule has 1 amide bonds. The third kappa shape index (κ3) is 11.4. The van der Waals surface area contributed by atoms with Crippen LogP contribution in [-0.2, 0) is 39.5 Å². The van der Waals surface area contributed by atoms with Gasteiger partial charge in [-0.25, -0.2) is 23.5 Å². The Bertz CT molecular complexity index is 2980. The maximum absolute atomic E-state index is 14.7. The van der Waals surface area contributed by atoms with Crippen LogP contribution in [0.3, 0.4) is 0 Å². The lowest BCUT2D eigenvalue weighted by Gasteiger charge is -2.22. The Morgan fingerprint density at radius 2 is 1.20 bits per heavy atom. The van der Waals surface area contributed by atoms with Gasteiger partial charge in [0.15, 0.2) is 0 Å². The first-order chi connectivity index (χ1) is 32.4. The Morgan fingerprint density at radius 3 is 1.62 bits per heavy atom. The number of halogens is 11. The minimum Gasteiger partial charge on any atom is -0.480 e. The van der Waals surface area contributed by atoms with Gasteiger partial charge in [-0.05, 0) is 67.1 Å². The van der Waals surface area contributed by atoms with Crippen molar-refractivity contribution in [2.75, 3.05) is 12.4 Å². The van der Waals surface area contributed by atoms with E-state index in [-0.39, 0.29) is 34.6 Å². The van der Waals surface area contributed by atoms with Crippen LogP contribution >= 0.6 is 0 Å². The number of carboxylic acids is 1. The number of esters is 1. The number of amides is 1. The SMILES string of the molecule is CC[C@@H](Nc1cc(F)c(C(=O)N[C@@H](Cc2ccc(-c3ncccc3C(F)(F)F)c3nccn23)C(=O)O)c(F)c1)C(F)(F)F.COC(=O)[C@@H](N)Cc1ccc(-c2ncccc2C(F)(F)F)c2nccn12. The molecule has 1 aromatic carbocycles. The van der Waals surface area contributed by atoms with E-state index in [0.717, 1.165) is 24.4 Å². The molecule has 7 aromatic rings. The molecule has 0 unspecified atom stereocenters. The molecule has 14 nitrogen and oxygen atoms in total. The Morgan fingerprint density at radius 1 is 0.725 bits per heavy atom. The summed E-state index contributed by atoms with van der Waals surface area (Å²) in [5.41, 5.74) is 2.71. The summed E-state index contributed by atoms with van der Waals surface area (Å²) in [7, 11) is 1.23. The van der Waals surface area contributed by atoms with Gasteiger partial charge in [-0.2, -0.15) is 39.5 Å². The second-order valence-corrected chi connectivity index (χ2v) is 14.9. The zero-order valence-corrected chi connectivity index (χ0v) is 35.6. The van der Waals surface area contributed by atoms with Crippen molar-refractivity contribution < 1.29 is 72.5 Å². The van der Waals surface area contributed by atoms with Crippen LogP contribution in [0, 0.1) is 11.6 Å². The zero-order chi connectivity index (χ0) is 50.6. The topological polar surface area (TPSA) is 191 Å². The number of pyridine rings is 4. The van der Waals surface area contributed by atoms with Gasteiger partial charge in [-0.3, -0.25) is 19.6 Å². The Labute approximate surface area is 382 Å². The van der Waals surface area contributed by atoms with Gasteiger partial charge in [-0.1, -0.05) is 6.92 Å². The van der Waals surface area contributed by atoms with Gasteiger partial charge in [-0.15, -0.1) is 0 Å². The van der Waals surface area contributed by atoms with E-state index in [1.165, 1.54) is 67.5 Å². The number of hydrogen-bond donors (Lipinski definition) is 4. The molecule has 0 saturated heterocycles. The van der Waals surface area contributed by atoms with Gasteiger partial charge in [0.25, 0.3) is 5.91 Å². The van der Waals surface area contributed by atoms with Crippen LogP contribution in [-0.4, -0.2) is 83.1 Å². The quantitative estimate of drug-likeness (QED) is 0.0642. The van der Waals surface area contributed by atoms with Crippen molar-refractivity contribution in [1.82, 2.24) is 34.1 Å². The number of ether oxygens (including phenoxy) is 1. The van der Waals surface area contributed by atoms with E-state index >= 15 is 0 Å². The first-order valence-electron chi connectivity index (χ1n) is 20.1. The van der Waals surface area contributed by atoms with E-state index in [9.17, 15) is 67.8 Å². The van der Waals surface area contributed by atoms with Gasteiger partial charge in [0.05, 0.1) is 29.6 Å². The zero-order valence-electron chi connectivity index (χ0n) is 35.6. The van der Waals surface area contributed by atoms with Crippen molar-refractivity contribution in [3.63, 3.8) is 0 Å². The average molecular weight is 980 g/mol. The third-order valence-electron chi connectivity index (χ3n) is 10.4. The fourth-order valence-corrected chi connectivity index (χ4v) is 7.13. The Hall–Kier alpha value is -7.70. The minimum atomic E-state index is -4.74. The van der Waals surface area contributed by atoms with Crippen molar-refractivity contribution in [3.05, 3.63) is 138 Å². The number of benzene rings is 1. The highest BCUT2D eigenvalue weighted by molar-refractivity contribution is 5.97. The fourth-order valence-electron chi connectivity index (χ4n) is 7.13. The van der Waals surface area contributed by atoms with E-state index in [1.54, 1.807) is 16.7 Å². The number of carbonyl (C=O) groups excluding carboxylic acids is 2. The summed E-state index contributed by atoms with van der Waals surface area (Å²) in [4.78, 5) is 52.2. The molecule has 25 heteroatoms. The molecule has 0 spiro atoms. The Balaban J connectivity index is 0.000000256. The number of anilines is 1. The number of nitrogens with two attached hydrogens (primary N) is 1. The summed E-state index contributed by atoms with van der Waals surface area (Å²) in [6, 6.07) is 5.93. The van der Waals surface area contributed by atoms with E-state index in [4.69, 9.17) is 5.73 Å². The standard InChI is InChI=1S/C27H21F8N5O3.C17H15F3N4O2/c1-2-20(27(33,34)35)38-13-10-17(28)21(18(29)11-13)24(41)39-19(25(42)43)12-14-5-6-15(23-37-8-9-40(14)23)22-16(26(30,31)32)4-3-7-36-22;1-26-16(25)13(21)9-10-4-5-11(15-23-7-8-24(10)15)14-12(17(18,19)20)3-2-6-22-14/h3-11,19-20,38H,2,12H2,1H3,(H,39,41)(H,42,43);2-8,13H,9,21H2,1H3/t19-,20+;13-/m00/s1. The number of aliphatic carboxylic acids is 1. The van der Waals surface area contributed by atoms with E-state index in [2.05, 4.69) is 24.7 Å². The molecule has 0 fully saturated rings. The van der Waals surface area contributed by atoms with Crippen LogP contribution in [0.5, 0.6) is 0 Å². The normalized spacial score (nSPS) is 13.3. The number of methoxy groups -OCH3 is 1. The molecular weight excluding hydrogens is 944 g/mol. The molecule has 6 heterocycles. The number of carbonyl (C=O) groups is 3. The lowest BCUT2D eigenvalue weighted by atomic mass is 10.0. The maximum atomic E-state index is 14.7. The van der Waals surface area contributed by atoms with Crippen LogP contribution < -0.4 is 16.4 Å². The molecule has 0 saturated carbocycles. The summed E-state index contributed by atoms with van der Waals surface area (Å²) in [6.07, 6.45) is -6.72. The highest BCUT2D eigenvalue weighted by Crippen LogP contribution is 2.39. The second-order valence-electron chi connectivity index (χ2n) is 14.9. The van der Waals surface area contributed by atoms with Crippen LogP contribution in [0.1, 0.15) is 46.2 Å². The smallest absolute Gasteiger partial charge is 0.418 e. The lowest BCUT2D eigenvalue weighted by molar-refractivity contribution is -0.143. The predicted molar refractivity (Wildman–Crippen MR) is 223 cm³/mol. The van der Waals surface area contributed by atoms with Crippen molar-refractivity contribution in [2.24, 2.45) is 5.73 Å². The van der Waals surface area contributed by atoms with Gasteiger partial charge >= 0.3 is 30.5 Å². The van der Waals surface area contributed by atoms with Crippen molar-refractivity contribution in [3.8, 4) is 22.5 Å². The Kier molecular flexibility index (Phi) is 14.9. The number of nitrogens with zero attached hydrogens (tertiary/aromatic N) is 6. The van der Waals surface area contributed by atoms with Gasteiger partial charge < -0.3 is 35.0 Å². The number of hydrogen-bond acceptors (Lipinski definition) is 10. The molecule has 0 aliphatic heterocycles. The number of fused-ring (bicyclic) bond motifs is 2. The monoisotopic (exact) mass is 979 g/mol. The number of alkyl halides is 9. The first kappa shape index (κ1) is 50.7. The summed E-state index contributed by atoms with van der Waals surface area (Å²) >= 11 is 0. The number of carboxylic acid groups (broad SMARTS) is 1. The molecule has 5 N–H and O–H groups in total. The maximum Gasteiger partial charge on any atom is 0.418 e. The molecule has 69 heavy (non-hydrogen) atoms. The molecule has 0 aliphatic carbocycles. The molecule has 364 valence electrons. The van der Waals surface area contributed by atoms with Gasteiger partial charge in [0, 0.05) is 78.2 Å². The summed E-state index contributed by atoms with van der Waals surface area (Å²) in [5, 5.41) is 13.6. The highest BCUT2D eigenvalue weighted by Gasteiger charge is 2.39. The molecule has 6 aromatic heterocycles. The van der Waals surface area contributed by atoms with Crippen LogP contribution in [0.25, 0.3) is 33.8 Å². The predicted octanol–water partition coefficient (Wildman–Crippen LogP) is 8.33. The van der Waals surface area contributed by atoms with Crippen molar-refractivity contribution >= 4 is 34.8 Å². The average Bonchev–Trinajstić information content (AvgIpc) is 3.99. The van der Waals surface area contributed by atoms with Crippen LogP contribution in [0.15, 0.2) is 97.8 Å². The summed E-state index contributed by atoms with van der Waals surface area (Å²) in [5.74, 6) is -6.79. The lowest BCUT2D eigenvalue weighted by Crippen LogP contribution is -2.43. The molecule has 7 rings (SSSR count). The first-order valence-corrected chi connectivity index (χ1v) is 20.1. The van der Waals surface area contributed by atoms with Crippen molar-refractivity contribution in [1.29, 1.82) is 0 Å². The van der Waals surface area contributed by atoms with E-state index < -0.39 is 107 Å².